The molecule has 2 N–H and O–H groups in total. The first-order chi connectivity index (χ1) is 31.0. The van der Waals surface area contributed by atoms with Crippen LogP contribution in [0.1, 0.15) is 105 Å². The smallest absolute Gasteiger partial charge is 0.329 e. The average molecular weight is 880 g/mol. The van der Waals surface area contributed by atoms with Crippen LogP contribution in [0, 0.1) is 17.8 Å². The number of morpholine rings is 1. The van der Waals surface area contributed by atoms with Crippen LogP contribution < -0.4 is 21.2 Å². The summed E-state index contributed by atoms with van der Waals surface area (Å²) in [5.74, 6) is 6.25. The van der Waals surface area contributed by atoms with Gasteiger partial charge in [-0.2, -0.15) is 10.2 Å². The fourth-order valence-corrected chi connectivity index (χ4v) is 10.4. The monoisotopic (exact) mass is 879 g/mol. The normalized spacial score (nSPS) is 24.7. The molecule has 1 aliphatic carbocycles. The molecule has 5 aromatic rings. The third kappa shape index (κ3) is 8.07. The highest BCUT2D eigenvalue weighted by molar-refractivity contribution is 6.08. The van der Waals surface area contributed by atoms with E-state index in [0.29, 0.717) is 34.8 Å². The molecular weight excluding hydrogens is 829 g/mol. The van der Waals surface area contributed by atoms with Crippen LogP contribution in [-0.4, -0.2) is 113 Å². The molecule has 4 aromatic heterocycles. The molecule has 2 bridgehead atoms. The van der Waals surface area contributed by atoms with Crippen LogP contribution in [0.25, 0.3) is 16.7 Å². The lowest BCUT2D eigenvalue weighted by Gasteiger charge is -2.36. The zero-order valence-electron chi connectivity index (χ0n) is 35.8. The van der Waals surface area contributed by atoms with Crippen molar-refractivity contribution in [3.8, 4) is 11.8 Å². The SMILES string of the molecule is C[C@@H](C#Cc1cccc2c1n(C)c(=O)n2C1CCC(=O)NC1=O)OC1CCN(C[C@H]2CC[C@H](n3cc(NC(=O)c4cnn5ccc(N6C[C@H]7C[C@@H]6CO7)nc45)c(C(F)F)n3)CC2)CC1. The summed E-state index contributed by atoms with van der Waals surface area (Å²) in [6.07, 6.45) is 8.32. The van der Waals surface area contributed by atoms with Gasteiger partial charge in [-0.3, -0.25) is 33.5 Å². The molecule has 4 atom stereocenters. The van der Waals surface area contributed by atoms with Gasteiger partial charge in [0.05, 0.1) is 59.4 Å². The molecule has 4 saturated heterocycles. The number of anilines is 2. The Morgan fingerprint density at radius 3 is 2.61 bits per heavy atom. The zero-order valence-corrected chi connectivity index (χ0v) is 35.8. The maximum absolute atomic E-state index is 14.3. The fourth-order valence-electron chi connectivity index (χ4n) is 10.4. The number of carbonyl (C=O) groups excluding carboxylic acids is 3. The molecule has 1 saturated carbocycles. The predicted octanol–water partition coefficient (Wildman–Crippen LogP) is 4.38. The van der Waals surface area contributed by atoms with Crippen molar-refractivity contribution in [3.63, 3.8) is 0 Å². The minimum absolute atomic E-state index is 0.0111. The Morgan fingerprint density at radius 1 is 1.06 bits per heavy atom. The maximum Gasteiger partial charge on any atom is 0.329 e. The van der Waals surface area contributed by atoms with Gasteiger partial charge >= 0.3 is 5.69 Å². The maximum atomic E-state index is 14.3. The summed E-state index contributed by atoms with van der Waals surface area (Å²) in [5, 5.41) is 13.6. The number of piperidine rings is 2. The van der Waals surface area contributed by atoms with Crippen molar-refractivity contribution in [2.45, 2.75) is 108 Å². The van der Waals surface area contributed by atoms with Gasteiger partial charge in [-0.05, 0) is 82.4 Å². The first-order valence-corrected chi connectivity index (χ1v) is 22.3. The van der Waals surface area contributed by atoms with E-state index in [0.717, 1.165) is 76.9 Å². The largest absolute Gasteiger partial charge is 0.374 e. The van der Waals surface area contributed by atoms with Crippen molar-refractivity contribution in [2.75, 3.05) is 43.0 Å². The summed E-state index contributed by atoms with van der Waals surface area (Å²) < 4.78 is 46.8. The van der Waals surface area contributed by atoms with Gasteiger partial charge in [-0.15, -0.1) is 0 Å². The summed E-state index contributed by atoms with van der Waals surface area (Å²) in [5.41, 5.74) is 1.61. The van der Waals surface area contributed by atoms with E-state index in [-0.39, 0.29) is 66.1 Å². The van der Waals surface area contributed by atoms with Gasteiger partial charge in [0, 0.05) is 52.0 Å². The van der Waals surface area contributed by atoms with Crippen molar-refractivity contribution in [1.29, 1.82) is 0 Å². The predicted molar refractivity (Wildman–Crippen MR) is 230 cm³/mol. The van der Waals surface area contributed by atoms with Crippen LogP contribution in [0.5, 0.6) is 0 Å². The molecule has 336 valence electrons. The lowest BCUT2D eigenvalue weighted by atomic mass is 9.85. The Balaban J connectivity index is 0.709. The second-order valence-electron chi connectivity index (χ2n) is 17.8. The van der Waals surface area contributed by atoms with Crippen LogP contribution in [0.2, 0.25) is 0 Å². The number of aryl methyl sites for hydroxylation is 1. The highest BCUT2D eigenvalue weighted by atomic mass is 19.3. The van der Waals surface area contributed by atoms with Gasteiger partial charge in [0.1, 0.15) is 23.5 Å². The van der Waals surface area contributed by atoms with E-state index in [1.54, 1.807) is 24.0 Å². The third-order valence-electron chi connectivity index (χ3n) is 13.7. The number of nitrogens with zero attached hydrogens (tertiary/aromatic N) is 9. The number of nitrogens with one attached hydrogen (secondary N) is 2. The minimum Gasteiger partial charge on any atom is -0.374 e. The van der Waals surface area contributed by atoms with E-state index < -0.39 is 30.0 Å². The number of hydrogen-bond acceptors (Lipinski definition) is 11. The molecule has 4 aliphatic heterocycles. The molecule has 8 heterocycles. The summed E-state index contributed by atoms with van der Waals surface area (Å²) in [6, 6.07) is 6.74. The van der Waals surface area contributed by atoms with Gasteiger partial charge in [0.25, 0.3) is 12.3 Å². The number of halogens is 2. The molecule has 3 amide bonds. The summed E-state index contributed by atoms with van der Waals surface area (Å²) in [4.78, 5) is 60.6. The fraction of sp³-hybridized carbons (Fsp3) is 0.533. The van der Waals surface area contributed by atoms with Crippen LogP contribution in [0.4, 0.5) is 20.3 Å². The Hall–Kier alpha value is -5.97. The standard InChI is InChI=1S/C45H51F2N11O6/c1-26(6-9-28-4-3-5-35-40(28)53(2)45(62)58(35)36-12-13-38(59)51-44(36)61)64-31-14-17-54(18-15-31)22-27-7-10-29(11-8-27)57-24-34(39(52-57)41(46)47)49-43(60)33-21-48-56-19-16-37(50-42(33)56)55-23-32-20-30(55)25-63-32/h3-5,16,19,21,24,26-27,29-32,36,41H,7-8,10-15,17-18,20,22-23,25H2,1-2H3,(H,49,60)(H,51,59,61)/t26-,27-,29-,30+,32+,36?/m0/s1. The quantitative estimate of drug-likeness (QED) is 0.151. The number of likely N-dealkylation sites (tertiary alicyclic amines) is 1. The summed E-state index contributed by atoms with van der Waals surface area (Å²) in [6.45, 7) is 6.06. The van der Waals surface area contributed by atoms with Gasteiger partial charge in [0.2, 0.25) is 11.8 Å². The summed E-state index contributed by atoms with van der Waals surface area (Å²) in [7, 11) is 1.66. The van der Waals surface area contributed by atoms with Crippen molar-refractivity contribution in [2.24, 2.45) is 13.0 Å². The number of aromatic nitrogens is 7. The molecule has 0 radical (unpaired) electrons. The van der Waals surface area contributed by atoms with Crippen LogP contribution in [-0.2, 0) is 26.1 Å². The van der Waals surface area contributed by atoms with Crippen molar-refractivity contribution < 1.29 is 32.6 Å². The Kier molecular flexibility index (Phi) is 11.3. The number of hydrogen-bond donors (Lipinski definition) is 2. The lowest BCUT2D eigenvalue weighted by Crippen LogP contribution is -2.44. The molecule has 17 nitrogen and oxygen atoms in total. The third-order valence-corrected chi connectivity index (χ3v) is 13.7. The molecular formula is C45H51F2N11O6. The molecule has 5 aliphatic rings. The zero-order chi connectivity index (χ0) is 44.2. The van der Waals surface area contributed by atoms with E-state index >= 15 is 0 Å². The molecule has 1 aromatic carbocycles. The lowest BCUT2D eigenvalue weighted by molar-refractivity contribution is -0.135. The number of imide groups is 1. The molecule has 5 fully saturated rings. The number of benzene rings is 1. The van der Waals surface area contributed by atoms with Gasteiger partial charge < -0.3 is 24.6 Å². The van der Waals surface area contributed by atoms with Crippen LogP contribution in [0.3, 0.4) is 0 Å². The molecule has 64 heavy (non-hydrogen) atoms. The number of alkyl halides is 2. The van der Waals surface area contributed by atoms with E-state index in [1.807, 2.05) is 25.1 Å². The topological polar surface area (TPSA) is 175 Å². The van der Waals surface area contributed by atoms with Gasteiger partial charge in [-0.1, -0.05) is 17.9 Å². The number of para-hydroxylation sites is 1. The molecule has 0 spiro atoms. The number of amides is 3. The van der Waals surface area contributed by atoms with Gasteiger partial charge in [0.15, 0.2) is 11.3 Å². The van der Waals surface area contributed by atoms with Crippen molar-refractivity contribution >= 4 is 45.9 Å². The van der Waals surface area contributed by atoms with Crippen molar-refractivity contribution in [3.05, 3.63) is 70.2 Å². The van der Waals surface area contributed by atoms with Crippen molar-refractivity contribution in [1.82, 2.24) is 43.7 Å². The first-order valence-electron chi connectivity index (χ1n) is 22.3. The number of imidazole rings is 1. The molecule has 10 rings (SSSR count). The number of ether oxygens (including phenoxy) is 2. The second kappa shape index (κ2) is 17.2. The number of fused-ring (bicyclic) bond motifs is 4. The van der Waals surface area contributed by atoms with Crippen LogP contribution >= 0.6 is 0 Å². The number of carbonyl (C=O) groups is 3. The van der Waals surface area contributed by atoms with Crippen LogP contribution in [0.15, 0.2) is 47.7 Å². The van der Waals surface area contributed by atoms with E-state index in [1.165, 1.54) is 26.0 Å². The summed E-state index contributed by atoms with van der Waals surface area (Å²) >= 11 is 0. The first kappa shape index (κ1) is 42.0. The highest BCUT2D eigenvalue weighted by Crippen LogP contribution is 2.36. The Morgan fingerprint density at radius 2 is 1.88 bits per heavy atom. The van der Waals surface area contributed by atoms with E-state index in [4.69, 9.17) is 14.5 Å². The average Bonchev–Trinajstić information content (AvgIpc) is 4.14. The minimum atomic E-state index is -2.87. The molecule has 19 heteroatoms. The number of rotatable bonds is 10. The second-order valence-corrected chi connectivity index (χ2v) is 17.8. The Bertz CT molecular complexity index is 2730. The highest BCUT2D eigenvalue weighted by Gasteiger charge is 2.40. The molecule has 1 unspecified atom stereocenters. The van der Waals surface area contributed by atoms with Gasteiger partial charge in [-0.25, -0.2) is 23.1 Å². The van der Waals surface area contributed by atoms with E-state index in [2.05, 4.69) is 42.5 Å². The Labute approximate surface area is 367 Å². The van der Waals surface area contributed by atoms with E-state index in [9.17, 15) is 28.0 Å².